The maximum absolute atomic E-state index is 13.5. The molecule has 0 aliphatic rings. The van der Waals surface area contributed by atoms with Crippen molar-refractivity contribution in [3.05, 3.63) is 62.6 Å². The molecular formula is C17H10Cl2F3N3O3. The minimum atomic E-state index is -4.96. The van der Waals surface area contributed by atoms with Crippen molar-refractivity contribution in [3.63, 3.8) is 0 Å². The van der Waals surface area contributed by atoms with E-state index in [2.05, 4.69) is 15.0 Å². The van der Waals surface area contributed by atoms with Crippen molar-refractivity contribution < 1.29 is 22.6 Å². The standard InChI is InChI=1S/C17H10Cl2F3N3O3/c1-27-9-3-5-12(23-7-9)15-24-14(17(20,21)22)13(16(26)25-15)28-8-2-4-10(18)11(19)6-8/h2-7H,1H3,(H,24,25,26). The number of benzene rings is 1. The lowest BCUT2D eigenvalue weighted by molar-refractivity contribution is -0.142. The maximum Gasteiger partial charge on any atom is 0.437 e. The van der Waals surface area contributed by atoms with Crippen molar-refractivity contribution in [2.24, 2.45) is 0 Å². The summed E-state index contributed by atoms with van der Waals surface area (Å²) in [6, 6.07) is 6.60. The molecule has 2 aromatic heterocycles. The van der Waals surface area contributed by atoms with Gasteiger partial charge in [-0.05, 0) is 24.3 Å². The van der Waals surface area contributed by atoms with Crippen molar-refractivity contribution in [1.29, 1.82) is 0 Å². The summed E-state index contributed by atoms with van der Waals surface area (Å²) in [5.41, 5.74) is -2.62. The van der Waals surface area contributed by atoms with E-state index in [9.17, 15) is 18.0 Å². The van der Waals surface area contributed by atoms with E-state index >= 15 is 0 Å². The summed E-state index contributed by atoms with van der Waals surface area (Å²) >= 11 is 11.6. The van der Waals surface area contributed by atoms with Crippen LogP contribution in [0.1, 0.15) is 5.69 Å². The number of ether oxygens (including phenoxy) is 2. The normalized spacial score (nSPS) is 11.4. The van der Waals surface area contributed by atoms with Crippen LogP contribution in [0.5, 0.6) is 17.2 Å². The van der Waals surface area contributed by atoms with Gasteiger partial charge in [0.25, 0.3) is 5.56 Å². The molecule has 1 aromatic carbocycles. The van der Waals surface area contributed by atoms with E-state index in [1.54, 1.807) is 0 Å². The van der Waals surface area contributed by atoms with E-state index in [0.717, 1.165) is 0 Å². The van der Waals surface area contributed by atoms with Crippen LogP contribution in [0.3, 0.4) is 0 Å². The van der Waals surface area contributed by atoms with Crippen LogP contribution in [0.2, 0.25) is 10.0 Å². The van der Waals surface area contributed by atoms with E-state index in [1.807, 2.05) is 0 Å². The number of H-pyrrole nitrogens is 1. The van der Waals surface area contributed by atoms with E-state index in [0.29, 0.717) is 5.75 Å². The number of methoxy groups -OCH3 is 1. The molecule has 0 fully saturated rings. The van der Waals surface area contributed by atoms with Crippen molar-refractivity contribution in [1.82, 2.24) is 15.0 Å². The number of hydrogen-bond donors (Lipinski definition) is 1. The van der Waals surface area contributed by atoms with Crippen LogP contribution >= 0.6 is 23.2 Å². The minimum absolute atomic E-state index is 0.0180. The van der Waals surface area contributed by atoms with Crippen molar-refractivity contribution >= 4 is 23.2 Å². The topological polar surface area (TPSA) is 77.1 Å². The number of nitrogens with one attached hydrogen (secondary N) is 1. The summed E-state index contributed by atoms with van der Waals surface area (Å²) in [5, 5.41) is 0.231. The Morgan fingerprint density at radius 2 is 1.79 bits per heavy atom. The molecule has 0 aliphatic carbocycles. The number of nitrogens with zero attached hydrogens (tertiary/aromatic N) is 2. The predicted octanol–water partition coefficient (Wildman–Crippen LogP) is 4.96. The molecule has 0 unspecified atom stereocenters. The lowest BCUT2D eigenvalue weighted by atomic mass is 10.3. The molecule has 6 nitrogen and oxygen atoms in total. The molecule has 0 amide bonds. The predicted molar refractivity (Wildman–Crippen MR) is 96.2 cm³/mol. The third-order valence-electron chi connectivity index (χ3n) is 3.47. The number of aromatic amines is 1. The first-order chi connectivity index (χ1) is 13.2. The number of hydrogen-bond acceptors (Lipinski definition) is 5. The highest BCUT2D eigenvalue weighted by Gasteiger charge is 2.39. The first-order valence-corrected chi connectivity index (χ1v) is 8.29. The van der Waals surface area contributed by atoms with E-state index in [4.69, 9.17) is 32.7 Å². The fourth-order valence-corrected chi connectivity index (χ4v) is 2.46. The van der Waals surface area contributed by atoms with E-state index < -0.39 is 23.2 Å². The van der Waals surface area contributed by atoms with Gasteiger partial charge in [-0.1, -0.05) is 23.2 Å². The van der Waals surface area contributed by atoms with Crippen molar-refractivity contribution in [2.45, 2.75) is 6.18 Å². The van der Waals surface area contributed by atoms with Gasteiger partial charge in [0, 0.05) is 6.07 Å². The number of halogens is 5. The monoisotopic (exact) mass is 431 g/mol. The zero-order valence-electron chi connectivity index (χ0n) is 14.0. The van der Waals surface area contributed by atoms with Gasteiger partial charge in [0.15, 0.2) is 11.5 Å². The number of pyridine rings is 1. The fraction of sp³-hybridized carbons (Fsp3) is 0.118. The Labute approximate surface area is 165 Å². The maximum atomic E-state index is 13.5. The van der Waals surface area contributed by atoms with Crippen LogP contribution in [0.25, 0.3) is 11.5 Å². The summed E-state index contributed by atoms with van der Waals surface area (Å²) in [7, 11) is 1.41. The summed E-state index contributed by atoms with van der Waals surface area (Å²) in [4.78, 5) is 22.0. The molecule has 0 saturated heterocycles. The third kappa shape index (κ3) is 4.20. The highest BCUT2D eigenvalue weighted by atomic mass is 35.5. The lowest BCUT2D eigenvalue weighted by Gasteiger charge is -2.13. The van der Waals surface area contributed by atoms with Crippen LogP contribution in [0.4, 0.5) is 13.2 Å². The minimum Gasteiger partial charge on any atom is -0.495 e. The highest BCUT2D eigenvalue weighted by Crippen LogP contribution is 2.36. The summed E-state index contributed by atoms with van der Waals surface area (Å²) < 4.78 is 50.6. The lowest BCUT2D eigenvalue weighted by Crippen LogP contribution is -2.21. The second kappa shape index (κ2) is 7.69. The molecule has 0 bridgehead atoms. The molecule has 3 rings (SSSR count). The molecule has 0 radical (unpaired) electrons. The van der Waals surface area contributed by atoms with Gasteiger partial charge < -0.3 is 14.5 Å². The van der Waals surface area contributed by atoms with Crippen LogP contribution in [0, 0.1) is 0 Å². The Morgan fingerprint density at radius 3 is 2.36 bits per heavy atom. The number of rotatable bonds is 4. The van der Waals surface area contributed by atoms with E-state index in [-0.39, 0.29) is 27.3 Å². The Bertz CT molecular complexity index is 1070. The SMILES string of the molecule is COc1ccc(-c2nc(C(F)(F)F)c(Oc3ccc(Cl)c(Cl)c3)c(=O)[nH]2)nc1. The first kappa shape index (κ1) is 20.0. The van der Waals surface area contributed by atoms with Crippen LogP contribution in [-0.4, -0.2) is 22.1 Å². The van der Waals surface area contributed by atoms with Gasteiger partial charge in [-0.2, -0.15) is 13.2 Å². The first-order valence-electron chi connectivity index (χ1n) is 7.54. The van der Waals surface area contributed by atoms with Gasteiger partial charge in [0.2, 0.25) is 5.75 Å². The molecule has 1 N–H and O–H groups in total. The molecule has 0 aliphatic heterocycles. The van der Waals surface area contributed by atoms with Gasteiger partial charge in [-0.15, -0.1) is 0 Å². The Balaban J connectivity index is 2.09. The molecule has 3 aromatic rings. The molecule has 146 valence electrons. The number of aromatic nitrogens is 3. The Morgan fingerprint density at radius 1 is 1.07 bits per heavy atom. The molecule has 0 atom stereocenters. The largest absolute Gasteiger partial charge is 0.495 e. The smallest absolute Gasteiger partial charge is 0.437 e. The number of alkyl halides is 3. The molecule has 0 saturated carbocycles. The highest BCUT2D eigenvalue weighted by molar-refractivity contribution is 6.42. The Hall–Kier alpha value is -2.78. The molecule has 0 spiro atoms. The van der Waals surface area contributed by atoms with Gasteiger partial charge in [0.05, 0.1) is 23.4 Å². The third-order valence-corrected chi connectivity index (χ3v) is 4.21. The molecule has 2 heterocycles. The molecule has 28 heavy (non-hydrogen) atoms. The van der Waals surface area contributed by atoms with E-state index in [1.165, 1.54) is 43.6 Å². The molecule has 11 heteroatoms. The molecular weight excluding hydrogens is 422 g/mol. The summed E-state index contributed by atoms with van der Waals surface area (Å²) in [6.07, 6.45) is -3.68. The zero-order valence-corrected chi connectivity index (χ0v) is 15.5. The second-order valence-electron chi connectivity index (χ2n) is 5.35. The second-order valence-corrected chi connectivity index (χ2v) is 6.17. The Kier molecular flexibility index (Phi) is 5.48. The van der Waals surface area contributed by atoms with Crippen molar-refractivity contribution in [2.75, 3.05) is 7.11 Å². The average molecular weight is 432 g/mol. The van der Waals surface area contributed by atoms with Crippen LogP contribution in [0.15, 0.2) is 41.3 Å². The van der Waals surface area contributed by atoms with Gasteiger partial charge >= 0.3 is 6.18 Å². The fourth-order valence-electron chi connectivity index (χ4n) is 2.17. The quantitative estimate of drug-likeness (QED) is 0.631. The van der Waals surface area contributed by atoms with Crippen LogP contribution in [-0.2, 0) is 6.18 Å². The summed E-state index contributed by atoms with van der Waals surface area (Å²) in [6.45, 7) is 0. The summed E-state index contributed by atoms with van der Waals surface area (Å²) in [5.74, 6) is -1.12. The zero-order chi connectivity index (χ0) is 20.5. The van der Waals surface area contributed by atoms with Gasteiger partial charge in [-0.3, -0.25) is 4.79 Å². The van der Waals surface area contributed by atoms with Gasteiger partial charge in [0.1, 0.15) is 17.2 Å². The van der Waals surface area contributed by atoms with Crippen molar-refractivity contribution in [3.8, 4) is 28.8 Å². The van der Waals surface area contributed by atoms with Gasteiger partial charge in [-0.25, -0.2) is 9.97 Å². The average Bonchev–Trinajstić information content (AvgIpc) is 2.65. The van der Waals surface area contributed by atoms with Crippen LogP contribution < -0.4 is 15.0 Å².